The molecule has 0 aromatic carbocycles. The summed E-state index contributed by atoms with van der Waals surface area (Å²) in [6.45, 7) is 6.33. The first-order valence-corrected chi connectivity index (χ1v) is 4.63. The van der Waals surface area contributed by atoms with Crippen molar-refractivity contribution in [2.75, 3.05) is 5.73 Å². The van der Waals surface area contributed by atoms with Gasteiger partial charge in [-0.25, -0.2) is 4.98 Å². The molecule has 11 heavy (non-hydrogen) atoms. The van der Waals surface area contributed by atoms with Crippen LogP contribution in [0.5, 0.6) is 0 Å². The normalized spacial score (nSPS) is 10.9. The van der Waals surface area contributed by atoms with Gasteiger partial charge in [-0.2, -0.15) is 0 Å². The smallest absolute Gasteiger partial charge is 0.109 e. The highest BCUT2D eigenvalue weighted by atomic mass is 32.1. The van der Waals surface area contributed by atoms with Crippen molar-refractivity contribution in [1.82, 2.24) is 4.98 Å². The van der Waals surface area contributed by atoms with E-state index in [9.17, 15) is 0 Å². The van der Waals surface area contributed by atoms with Crippen LogP contribution < -0.4 is 5.73 Å². The van der Waals surface area contributed by atoms with E-state index in [1.54, 1.807) is 11.3 Å². The van der Waals surface area contributed by atoms with Gasteiger partial charge in [0.15, 0.2) is 0 Å². The average molecular weight is 170 g/mol. The van der Waals surface area contributed by atoms with E-state index >= 15 is 0 Å². The zero-order valence-electron chi connectivity index (χ0n) is 7.22. The molecule has 0 bridgehead atoms. The number of thiazole rings is 1. The summed E-state index contributed by atoms with van der Waals surface area (Å²) in [5.41, 5.74) is 6.65. The number of aryl methyl sites for hydroxylation is 1. The lowest BCUT2D eigenvalue weighted by Gasteiger charge is -1.97. The number of aromatic nitrogens is 1. The van der Waals surface area contributed by atoms with Crippen molar-refractivity contribution in [2.24, 2.45) is 5.92 Å². The lowest BCUT2D eigenvalue weighted by Crippen LogP contribution is -1.92. The number of nitrogens with zero attached hydrogens (tertiary/aromatic N) is 1. The Balaban J connectivity index is 2.73. The third kappa shape index (κ3) is 2.19. The summed E-state index contributed by atoms with van der Waals surface area (Å²) < 4.78 is 0. The highest BCUT2D eigenvalue weighted by Gasteiger charge is 2.05. The number of anilines is 1. The maximum Gasteiger partial charge on any atom is 0.109 e. The number of rotatable bonds is 2. The van der Waals surface area contributed by atoms with E-state index in [4.69, 9.17) is 5.73 Å². The summed E-state index contributed by atoms with van der Waals surface area (Å²) in [5, 5.41) is 2.02. The van der Waals surface area contributed by atoms with Gasteiger partial charge < -0.3 is 5.73 Å². The lowest BCUT2D eigenvalue weighted by atomic mass is 10.1. The molecule has 2 N–H and O–H groups in total. The predicted molar refractivity (Wildman–Crippen MR) is 49.8 cm³/mol. The molecule has 3 heteroatoms. The molecule has 0 saturated carbocycles. The van der Waals surface area contributed by atoms with Gasteiger partial charge >= 0.3 is 0 Å². The van der Waals surface area contributed by atoms with E-state index in [0.29, 0.717) is 5.92 Å². The summed E-state index contributed by atoms with van der Waals surface area (Å²) in [6.07, 6.45) is 1.04. The van der Waals surface area contributed by atoms with Crippen LogP contribution in [0.3, 0.4) is 0 Å². The van der Waals surface area contributed by atoms with Crippen LogP contribution in [0.15, 0.2) is 0 Å². The molecule has 0 unspecified atom stereocenters. The molecule has 1 heterocycles. The van der Waals surface area contributed by atoms with Crippen molar-refractivity contribution < 1.29 is 0 Å². The van der Waals surface area contributed by atoms with Gasteiger partial charge in [0.2, 0.25) is 0 Å². The zero-order valence-corrected chi connectivity index (χ0v) is 8.03. The highest BCUT2D eigenvalue weighted by Crippen LogP contribution is 2.21. The Morgan fingerprint density at radius 3 is 2.55 bits per heavy atom. The number of hydrogen-bond acceptors (Lipinski definition) is 3. The number of nitrogen functional groups attached to an aromatic ring is 1. The molecule has 2 nitrogen and oxygen atoms in total. The maximum absolute atomic E-state index is 5.67. The zero-order chi connectivity index (χ0) is 8.43. The van der Waals surface area contributed by atoms with Crippen LogP contribution in [0.1, 0.15) is 24.5 Å². The topological polar surface area (TPSA) is 38.9 Å². The summed E-state index contributed by atoms with van der Waals surface area (Å²) in [4.78, 5) is 4.34. The molecule has 62 valence electrons. The molecule has 0 fully saturated rings. The molecule has 0 aliphatic rings. The van der Waals surface area contributed by atoms with Crippen LogP contribution in [0, 0.1) is 12.8 Å². The van der Waals surface area contributed by atoms with Crippen molar-refractivity contribution >= 4 is 16.3 Å². The van der Waals surface area contributed by atoms with Crippen LogP contribution >= 0.6 is 11.3 Å². The molecule has 0 saturated heterocycles. The lowest BCUT2D eigenvalue weighted by molar-refractivity contribution is 0.643. The van der Waals surface area contributed by atoms with Gasteiger partial charge in [0.1, 0.15) is 5.00 Å². The maximum atomic E-state index is 5.67. The van der Waals surface area contributed by atoms with Crippen molar-refractivity contribution in [3.63, 3.8) is 0 Å². The SMILES string of the molecule is Cc1nc(CC(C)C)sc1N. The second-order valence-electron chi connectivity index (χ2n) is 3.16. The fraction of sp³-hybridized carbons (Fsp3) is 0.625. The molecule has 0 radical (unpaired) electrons. The van der Waals surface area contributed by atoms with E-state index in [-0.39, 0.29) is 0 Å². The fourth-order valence-corrected chi connectivity index (χ4v) is 1.95. The monoisotopic (exact) mass is 170 g/mol. The molecular formula is C8H14N2S. The summed E-state index contributed by atoms with van der Waals surface area (Å²) in [5.74, 6) is 0.667. The van der Waals surface area contributed by atoms with Crippen LogP contribution in [0.25, 0.3) is 0 Å². The molecule has 1 aromatic heterocycles. The Morgan fingerprint density at radius 1 is 1.55 bits per heavy atom. The van der Waals surface area contributed by atoms with Gasteiger partial charge in [-0.3, -0.25) is 0 Å². The van der Waals surface area contributed by atoms with E-state index < -0.39 is 0 Å². The minimum absolute atomic E-state index is 0.667. The molecule has 0 amide bonds. The fourth-order valence-electron chi connectivity index (χ4n) is 0.902. The summed E-state index contributed by atoms with van der Waals surface area (Å²) in [6, 6.07) is 0. The van der Waals surface area contributed by atoms with E-state index in [1.807, 2.05) is 6.92 Å². The largest absolute Gasteiger partial charge is 0.389 e. The van der Waals surface area contributed by atoms with Gasteiger partial charge in [-0.15, -0.1) is 11.3 Å². The minimum Gasteiger partial charge on any atom is -0.389 e. The molecule has 1 rings (SSSR count). The third-order valence-electron chi connectivity index (χ3n) is 1.46. The first-order valence-electron chi connectivity index (χ1n) is 3.81. The highest BCUT2D eigenvalue weighted by molar-refractivity contribution is 7.15. The van der Waals surface area contributed by atoms with Crippen molar-refractivity contribution in [2.45, 2.75) is 27.2 Å². The van der Waals surface area contributed by atoms with Crippen molar-refractivity contribution in [3.05, 3.63) is 10.7 Å². The molecule has 0 aliphatic heterocycles. The number of nitrogens with two attached hydrogens (primary N) is 1. The average Bonchev–Trinajstić information content (AvgIpc) is 2.10. The Labute approximate surface area is 71.5 Å². The van der Waals surface area contributed by atoms with Crippen LogP contribution in [0.4, 0.5) is 5.00 Å². The second-order valence-corrected chi connectivity index (χ2v) is 4.27. The number of hydrogen-bond donors (Lipinski definition) is 1. The van der Waals surface area contributed by atoms with Gasteiger partial charge in [-0.05, 0) is 12.8 Å². The summed E-state index contributed by atoms with van der Waals surface area (Å²) >= 11 is 1.61. The summed E-state index contributed by atoms with van der Waals surface area (Å²) in [7, 11) is 0. The Morgan fingerprint density at radius 2 is 2.18 bits per heavy atom. The molecule has 1 aromatic rings. The predicted octanol–water partition coefficient (Wildman–Crippen LogP) is 2.23. The van der Waals surface area contributed by atoms with Crippen molar-refractivity contribution in [3.8, 4) is 0 Å². The Hall–Kier alpha value is -0.570. The Bertz CT molecular complexity index is 221. The minimum atomic E-state index is 0.667. The van der Waals surface area contributed by atoms with Crippen molar-refractivity contribution in [1.29, 1.82) is 0 Å². The molecular weight excluding hydrogens is 156 g/mol. The third-order valence-corrected chi connectivity index (χ3v) is 2.47. The van der Waals surface area contributed by atoms with Gasteiger partial charge in [0.05, 0.1) is 10.7 Å². The van der Waals surface area contributed by atoms with E-state index in [0.717, 1.165) is 22.1 Å². The van der Waals surface area contributed by atoms with Crippen LogP contribution in [0.2, 0.25) is 0 Å². The first-order chi connectivity index (χ1) is 5.09. The Kier molecular flexibility index (Phi) is 2.49. The molecule has 0 spiro atoms. The molecule has 0 aliphatic carbocycles. The first kappa shape index (κ1) is 8.53. The second kappa shape index (κ2) is 3.22. The van der Waals surface area contributed by atoms with Gasteiger partial charge in [0.25, 0.3) is 0 Å². The molecule has 0 atom stereocenters. The van der Waals surface area contributed by atoms with E-state index in [2.05, 4.69) is 18.8 Å². The van der Waals surface area contributed by atoms with E-state index in [1.165, 1.54) is 0 Å². The van der Waals surface area contributed by atoms with Crippen LogP contribution in [-0.2, 0) is 6.42 Å². The van der Waals surface area contributed by atoms with Gasteiger partial charge in [-0.1, -0.05) is 13.8 Å². The van der Waals surface area contributed by atoms with Gasteiger partial charge in [0, 0.05) is 6.42 Å². The standard InChI is InChI=1S/C8H14N2S/c1-5(2)4-7-10-6(3)8(9)11-7/h5H,4,9H2,1-3H3. The quantitative estimate of drug-likeness (QED) is 0.739. The van der Waals surface area contributed by atoms with Crippen LogP contribution in [-0.4, -0.2) is 4.98 Å².